The minimum atomic E-state index is -0.854. The Morgan fingerprint density at radius 2 is 2.38 bits per heavy atom. The zero-order valence-electron chi connectivity index (χ0n) is 9.88. The van der Waals surface area contributed by atoms with E-state index in [0.717, 1.165) is 0 Å². The van der Waals surface area contributed by atoms with Gasteiger partial charge >= 0.3 is 0 Å². The van der Waals surface area contributed by atoms with Crippen molar-refractivity contribution in [3.8, 4) is 0 Å². The van der Waals surface area contributed by atoms with E-state index in [4.69, 9.17) is 0 Å². The zero-order valence-corrected chi connectivity index (χ0v) is 9.88. The first-order valence-electron chi connectivity index (χ1n) is 5.71. The molecule has 3 N–H and O–H groups in total. The molecule has 0 aromatic heterocycles. The van der Waals surface area contributed by atoms with E-state index in [1.807, 2.05) is 6.92 Å². The summed E-state index contributed by atoms with van der Waals surface area (Å²) in [6.45, 7) is 4.22. The van der Waals surface area contributed by atoms with Gasteiger partial charge in [0, 0.05) is 19.5 Å². The largest absolute Gasteiger partial charge is 0.388 e. The van der Waals surface area contributed by atoms with Crippen LogP contribution in [-0.2, 0) is 9.59 Å². The van der Waals surface area contributed by atoms with E-state index in [1.165, 1.54) is 0 Å². The molecule has 2 amide bonds. The molecular weight excluding hydrogens is 208 g/mol. The van der Waals surface area contributed by atoms with Crippen molar-refractivity contribution in [2.45, 2.75) is 38.7 Å². The fourth-order valence-corrected chi connectivity index (χ4v) is 1.50. The maximum absolute atomic E-state index is 11.7. The van der Waals surface area contributed by atoms with Crippen LogP contribution in [0, 0.1) is 5.92 Å². The molecule has 1 fully saturated rings. The molecule has 5 nitrogen and oxygen atoms in total. The van der Waals surface area contributed by atoms with Gasteiger partial charge in [-0.3, -0.25) is 9.59 Å². The average molecular weight is 228 g/mol. The first-order chi connectivity index (χ1) is 7.44. The van der Waals surface area contributed by atoms with Crippen molar-refractivity contribution in [1.82, 2.24) is 10.6 Å². The third-order valence-electron chi connectivity index (χ3n) is 3.04. The monoisotopic (exact) mass is 228 g/mol. The number of rotatable bonds is 4. The molecule has 0 bridgehead atoms. The number of amides is 2. The number of piperidine rings is 1. The Hall–Kier alpha value is -1.10. The van der Waals surface area contributed by atoms with Crippen LogP contribution in [0.3, 0.4) is 0 Å². The lowest BCUT2D eigenvalue weighted by Gasteiger charge is -2.25. The maximum atomic E-state index is 11.7. The summed E-state index contributed by atoms with van der Waals surface area (Å²) in [5.41, 5.74) is -0.854. The van der Waals surface area contributed by atoms with E-state index >= 15 is 0 Å². The highest BCUT2D eigenvalue weighted by Crippen LogP contribution is 2.12. The average Bonchev–Trinajstić information content (AvgIpc) is 2.27. The normalized spacial score (nSPS) is 24.4. The Morgan fingerprint density at radius 3 is 2.88 bits per heavy atom. The molecule has 1 heterocycles. The molecule has 0 spiro atoms. The van der Waals surface area contributed by atoms with Gasteiger partial charge in [0.1, 0.15) is 0 Å². The minimum absolute atomic E-state index is 0.00426. The molecular formula is C11H20N2O3. The van der Waals surface area contributed by atoms with Crippen LogP contribution < -0.4 is 10.6 Å². The fraction of sp³-hybridized carbons (Fsp3) is 0.818. The van der Waals surface area contributed by atoms with Crippen LogP contribution in [0.4, 0.5) is 0 Å². The van der Waals surface area contributed by atoms with Gasteiger partial charge in [-0.05, 0) is 19.8 Å². The van der Waals surface area contributed by atoms with Crippen molar-refractivity contribution in [2.75, 3.05) is 13.1 Å². The van der Waals surface area contributed by atoms with Crippen LogP contribution in [0.25, 0.3) is 0 Å². The van der Waals surface area contributed by atoms with E-state index in [2.05, 4.69) is 10.6 Å². The molecule has 16 heavy (non-hydrogen) atoms. The van der Waals surface area contributed by atoms with Crippen LogP contribution in [0.5, 0.6) is 0 Å². The van der Waals surface area contributed by atoms with Crippen molar-refractivity contribution in [1.29, 1.82) is 0 Å². The molecule has 92 valence electrons. The van der Waals surface area contributed by atoms with E-state index in [1.54, 1.807) is 6.92 Å². The Balaban J connectivity index is 2.33. The fourth-order valence-electron chi connectivity index (χ4n) is 1.50. The van der Waals surface area contributed by atoms with Crippen LogP contribution in [0.15, 0.2) is 0 Å². The summed E-state index contributed by atoms with van der Waals surface area (Å²) in [6.07, 6.45) is 1.59. The zero-order chi connectivity index (χ0) is 12.2. The Bertz CT molecular complexity index is 266. The molecule has 0 radical (unpaired) electrons. The quantitative estimate of drug-likeness (QED) is 0.623. The second kappa shape index (κ2) is 5.30. The molecule has 2 atom stereocenters. The summed E-state index contributed by atoms with van der Waals surface area (Å²) in [6, 6.07) is 0. The van der Waals surface area contributed by atoms with Gasteiger partial charge in [-0.1, -0.05) is 6.92 Å². The molecule has 1 rings (SSSR count). The third-order valence-corrected chi connectivity index (χ3v) is 3.04. The van der Waals surface area contributed by atoms with Crippen molar-refractivity contribution >= 4 is 11.8 Å². The number of hydrogen-bond acceptors (Lipinski definition) is 3. The number of nitrogens with one attached hydrogen (secondary N) is 2. The summed E-state index contributed by atoms with van der Waals surface area (Å²) >= 11 is 0. The topological polar surface area (TPSA) is 78.4 Å². The van der Waals surface area contributed by atoms with Gasteiger partial charge in [0.25, 0.3) is 0 Å². The molecule has 1 aliphatic rings. The van der Waals surface area contributed by atoms with Crippen LogP contribution in [0.1, 0.15) is 33.1 Å². The molecule has 1 aliphatic heterocycles. The lowest BCUT2D eigenvalue weighted by atomic mass is 9.97. The van der Waals surface area contributed by atoms with Crippen molar-refractivity contribution in [2.24, 2.45) is 5.92 Å². The predicted octanol–water partition coefficient (Wildman–Crippen LogP) is -0.210. The van der Waals surface area contributed by atoms with Crippen LogP contribution in [-0.4, -0.2) is 35.6 Å². The molecule has 2 unspecified atom stereocenters. The minimum Gasteiger partial charge on any atom is -0.388 e. The summed E-state index contributed by atoms with van der Waals surface area (Å²) < 4.78 is 0. The molecule has 0 saturated carbocycles. The van der Waals surface area contributed by atoms with Crippen molar-refractivity contribution in [3.63, 3.8) is 0 Å². The van der Waals surface area contributed by atoms with E-state index in [0.29, 0.717) is 25.8 Å². The second-order valence-corrected chi connectivity index (χ2v) is 4.61. The highest BCUT2D eigenvalue weighted by molar-refractivity contribution is 5.83. The number of carbonyl (C=O) groups excluding carboxylic acids is 2. The van der Waals surface area contributed by atoms with Gasteiger partial charge in [-0.2, -0.15) is 0 Å². The van der Waals surface area contributed by atoms with Crippen LogP contribution in [0.2, 0.25) is 0 Å². The van der Waals surface area contributed by atoms with E-state index in [-0.39, 0.29) is 24.3 Å². The summed E-state index contributed by atoms with van der Waals surface area (Å²) in [7, 11) is 0. The molecule has 0 aromatic carbocycles. The molecule has 0 aliphatic carbocycles. The van der Waals surface area contributed by atoms with Crippen molar-refractivity contribution < 1.29 is 14.7 Å². The van der Waals surface area contributed by atoms with Crippen LogP contribution >= 0.6 is 0 Å². The first kappa shape index (κ1) is 13.0. The molecule has 5 heteroatoms. The Labute approximate surface area is 95.6 Å². The standard InChI is InChI=1S/C11H20N2O3/c1-3-11(2,16)7-13-10(15)8-4-5-9(14)12-6-8/h8,16H,3-7H2,1-2H3,(H,12,14)(H,13,15). The first-order valence-corrected chi connectivity index (χ1v) is 5.71. The molecule has 1 saturated heterocycles. The highest BCUT2D eigenvalue weighted by Gasteiger charge is 2.26. The van der Waals surface area contributed by atoms with E-state index < -0.39 is 5.60 Å². The van der Waals surface area contributed by atoms with Gasteiger partial charge in [0.05, 0.1) is 11.5 Å². The molecule has 0 aromatic rings. The third kappa shape index (κ3) is 3.81. The van der Waals surface area contributed by atoms with Gasteiger partial charge < -0.3 is 15.7 Å². The number of aliphatic hydroxyl groups is 1. The van der Waals surface area contributed by atoms with Crippen molar-refractivity contribution in [3.05, 3.63) is 0 Å². The lowest BCUT2D eigenvalue weighted by Crippen LogP contribution is -2.47. The summed E-state index contributed by atoms with van der Waals surface area (Å²) in [5.74, 6) is -0.247. The van der Waals surface area contributed by atoms with E-state index in [9.17, 15) is 14.7 Å². The highest BCUT2D eigenvalue weighted by atomic mass is 16.3. The van der Waals surface area contributed by atoms with Gasteiger partial charge in [-0.25, -0.2) is 0 Å². The van der Waals surface area contributed by atoms with Gasteiger partial charge in [0.2, 0.25) is 11.8 Å². The summed E-state index contributed by atoms with van der Waals surface area (Å²) in [5, 5.41) is 15.1. The number of hydrogen-bond donors (Lipinski definition) is 3. The SMILES string of the molecule is CCC(C)(O)CNC(=O)C1CCC(=O)NC1. The Kier molecular flexibility index (Phi) is 4.29. The smallest absolute Gasteiger partial charge is 0.225 e. The maximum Gasteiger partial charge on any atom is 0.225 e. The predicted molar refractivity (Wildman–Crippen MR) is 59.7 cm³/mol. The van der Waals surface area contributed by atoms with Gasteiger partial charge in [0.15, 0.2) is 0 Å². The Morgan fingerprint density at radius 1 is 1.69 bits per heavy atom. The number of carbonyl (C=O) groups is 2. The second-order valence-electron chi connectivity index (χ2n) is 4.61. The lowest BCUT2D eigenvalue weighted by molar-refractivity contribution is -0.129. The van der Waals surface area contributed by atoms with Gasteiger partial charge in [-0.15, -0.1) is 0 Å². The summed E-state index contributed by atoms with van der Waals surface area (Å²) in [4.78, 5) is 22.6.